The van der Waals surface area contributed by atoms with E-state index in [-0.39, 0.29) is 29.6 Å². The number of benzene rings is 1. The topological polar surface area (TPSA) is 74.6 Å². The summed E-state index contributed by atoms with van der Waals surface area (Å²) < 4.78 is 51.0. The van der Waals surface area contributed by atoms with Gasteiger partial charge >= 0.3 is 41.5 Å². The van der Waals surface area contributed by atoms with Gasteiger partial charge in [-0.3, -0.25) is 0 Å². The molecule has 0 atom stereocenters. The first-order valence-corrected chi connectivity index (χ1v) is 3.61. The van der Waals surface area contributed by atoms with Gasteiger partial charge in [0.15, 0.2) is 23.3 Å². The fraction of sp³-hybridized carbons (Fsp3) is 0. The van der Waals surface area contributed by atoms with Crippen molar-refractivity contribution in [2.75, 3.05) is 0 Å². The summed E-state index contributed by atoms with van der Waals surface area (Å²) in [6, 6.07) is 0. The van der Waals surface area contributed by atoms with Crippen LogP contribution in [0.4, 0.5) is 17.6 Å². The molecule has 0 saturated carbocycles. The Morgan fingerprint density at radius 2 is 0.941 bits per heavy atom. The summed E-state index contributed by atoms with van der Waals surface area (Å²) in [7, 11) is 0. The van der Waals surface area contributed by atoms with Crippen LogP contribution >= 0.6 is 0 Å². The van der Waals surface area contributed by atoms with Crippen molar-refractivity contribution in [2.24, 2.45) is 0 Å². The van der Waals surface area contributed by atoms with E-state index < -0.39 is 46.3 Å². The Morgan fingerprint density at radius 1 is 0.706 bits per heavy atom. The number of carbonyl (C=O) groups is 2. The van der Waals surface area contributed by atoms with Crippen LogP contribution in [0.15, 0.2) is 0 Å². The molecule has 1 aromatic rings. The standard InChI is InChI=1S/C8H2F4O4.Na.H/c9-3-1(7(13)14)2(8(15)16)4(10)6(12)5(3)11;;/h(H,13,14)(H,15,16);;. The Hall–Kier alpha value is -1.12. The Balaban J connectivity index is 0.00000256. The van der Waals surface area contributed by atoms with Gasteiger partial charge in [0.2, 0.25) is 0 Å². The minimum atomic E-state index is -2.38. The van der Waals surface area contributed by atoms with Crippen LogP contribution in [0.5, 0.6) is 0 Å². The van der Waals surface area contributed by atoms with Crippen LogP contribution < -0.4 is 0 Å². The van der Waals surface area contributed by atoms with E-state index in [1.54, 1.807) is 0 Å². The molecule has 1 aromatic carbocycles. The number of carboxylic acids is 2. The van der Waals surface area contributed by atoms with Gasteiger partial charge in [0, 0.05) is 0 Å². The molecule has 0 saturated heterocycles. The summed E-state index contributed by atoms with van der Waals surface area (Å²) in [6.07, 6.45) is 0. The van der Waals surface area contributed by atoms with Crippen molar-refractivity contribution in [3.8, 4) is 0 Å². The van der Waals surface area contributed by atoms with Crippen LogP contribution in [0.2, 0.25) is 0 Å². The molecule has 0 amide bonds. The van der Waals surface area contributed by atoms with E-state index >= 15 is 0 Å². The van der Waals surface area contributed by atoms with Gasteiger partial charge in [0.25, 0.3) is 0 Å². The minimum absolute atomic E-state index is 0. The van der Waals surface area contributed by atoms with Gasteiger partial charge in [-0.2, -0.15) is 0 Å². The van der Waals surface area contributed by atoms with Crippen LogP contribution in [0.3, 0.4) is 0 Å². The molecule has 0 aliphatic rings. The van der Waals surface area contributed by atoms with Gasteiger partial charge < -0.3 is 10.2 Å². The fourth-order valence-electron chi connectivity index (χ4n) is 1.03. The van der Waals surface area contributed by atoms with Crippen LogP contribution in [-0.2, 0) is 0 Å². The molecule has 0 aromatic heterocycles. The molecular weight excluding hydrogens is 259 g/mol. The molecule has 0 spiro atoms. The third-order valence-corrected chi connectivity index (χ3v) is 1.69. The first kappa shape index (κ1) is 15.9. The van der Waals surface area contributed by atoms with Gasteiger partial charge in [-0.15, -0.1) is 0 Å². The molecule has 2 N–H and O–H groups in total. The summed E-state index contributed by atoms with van der Waals surface area (Å²) in [4.78, 5) is 20.8. The average Bonchev–Trinajstić information content (AvgIpc) is 2.18. The van der Waals surface area contributed by atoms with E-state index in [4.69, 9.17) is 10.2 Å². The van der Waals surface area contributed by atoms with Crippen molar-refractivity contribution in [2.45, 2.75) is 0 Å². The predicted molar refractivity (Wildman–Crippen MR) is 47.3 cm³/mol. The van der Waals surface area contributed by atoms with Crippen molar-refractivity contribution < 1.29 is 37.4 Å². The fourth-order valence-corrected chi connectivity index (χ4v) is 1.03. The zero-order chi connectivity index (χ0) is 12.6. The number of rotatable bonds is 2. The molecule has 0 aliphatic heterocycles. The van der Waals surface area contributed by atoms with E-state index in [0.717, 1.165) is 0 Å². The second-order valence-corrected chi connectivity index (χ2v) is 2.62. The molecule has 0 aliphatic carbocycles. The third kappa shape index (κ3) is 2.59. The van der Waals surface area contributed by atoms with Gasteiger partial charge in [-0.25, -0.2) is 27.2 Å². The molecule has 88 valence electrons. The predicted octanol–water partition coefficient (Wildman–Crippen LogP) is 0.991. The molecule has 0 fully saturated rings. The number of hydrogen-bond acceptors (Lipinski definition) is 2. The maximum absolute atomic E-state index is 12.9. The van der Waals surface area contributed by atoms with E-state index in [2.05, 4.69) is 0 Å². The summed E-state index contributed by atoms with van der Waals surface area (Å²) in [6.45, 7) is 0. The zero-order valence-corrected chi connectivity index (χ0v) is 7.22. The Labute approximate surface area is 113 Å². The average molecular weight is 262 g/mol. The zero-order valence-electron chi connectivity index (χ0n) is 7.22. The second kappa shape index (κ2) is 5.48. The monoisotopic (exact) mass is 262 g/mol. The molecule has 0 heterocycles. The molecular formula is C8H3F4NaO4. The van der Waals surface area contributed by atoms with Crippen LogP contribution in [0, 0.1) is 23.3 Å². The molecule has 0 unspecified atom stereocenters. The van der Waals surface area contributed by atoms with Crippen molar-refractivity contribution in [1.82, 2.24) is 0 Å². The number of hydrogen-bond donors (Lipinski definition) is 2. The summed E-state index contributed by atoms with van der Waals surface area (Å²) in [5, 5.41) is 16.8. The maximum atomic E-state index is 12.9. The van der Waals surface area contributed by atoms with Crippen molar-refractivity contribution in [1.29, 1.82) is 0 Å². The first-order chi connectivity index (χ1) is 7.29. The SMILES string of the molecule is O=C(O)c1c(F)c(F)c(F)c(F)c1C(=O)O.[NaH]. The van der Waals surface area contributed by atoms with E-state index in [1.165, 1.54) is 0 Å². The van der Waals surface area contributed by atoms with E-state index in [9.17, 15) is 27.2 Å². The summed E-state index contributed by atoms with van der Waals surface area (Å²) in [5.74, 6) is -13.7. The van der Waals surface area contributed by atoms with E-state index in [0.29, 0.717) is 0 Å². The number of aromatic carboxylic acids is 2. The van der Waals surface area contributed by atoms with Crippen molar-refractivity contribution >= 4 is 41.5 Å². The molecule has 0 bridgehead atoms. The normalized spacial score (nSPS) is 9.65. The Morgan fingerprint density at radius 3 is 1.12 bits per heavy atom. The van der Waals surface area contributed by atoms with Gasteiger partial charge in [-0.1, -0.05) is 0 Å². The van der Waals surface area contributed by atoms with Gasteiger partial charge in [0.1, 0.15) is 11.1 Å². The Kier molecular flexibility index (Phi) is 5.12. The summed E-state index contributed by atoms with van der Waals surface area (Å²) in [5.41, 5.74) is -3.52. The Bertz CT molecular complexity index is 458. The van der Waals surface area contributed by atoms with Gasteiger partial charge in [0.05, 0.1) is 0 Å². The molecule has 17 heavy (non-hydrogen) atoms. The van der Waals surface area contributed by atoms with Crippen LogP contribution in [0.1, 0.15) is 20.7 Å². The third-order valence-electron chi connectivity index (χ3n) is 1.69. The molecule has 1 rings (SSSR count). The van der Waals surface area contributed by atoms with Crippen LogP contribution in [0.25, 0.3) is 0 Å². The number of halogens is 4. The quantitative estimate of drug-likeness (QED) is 0.361. The van der Waals surface area contributed by atoms with Crippen LogP contribution in [-0.4, -0.2) is 51.7 Å². The van der Waals surface area contributed by atoms with Gasteiger partial charge in [-0.05, 0) is 0 Å². The molecule has 0 radical (unpaired) electrons. The molecule has 4 nitrogen and oxygen atoms in total. The number of carboxylic acid groups (broad SMARTS) is 2. The molecule has 9 heteroatoms. The van der Waals surface area contributed by atoms with E-state index in [1.807, 2.05) is 0 Å². The summed E-state index contributed by atoms with van der Waals surface area (Å²) >= 11 is 0. The van der Waals surface area contributed by atoms with Crippen molar-refractivity contribution in [3.05, 3.63) is 34.4 Å². The van der Waals surface area contributed by atoms with Crippen molar-refractivity contribution in [3.63, 3.8) is 0 Å². The second-order valence-electron chi connectivity index (χ2n) is 2.62. The first-order valence-electron chi connectivity index (χ1n) is 3.61.